The molecule has 0 aliphatic heterocycles. The minimum atomic E-state index is 0.357. The molecule has 1 aliphatic rings. The van der Waals surface area contributed by atoms with Gasteiger partial charge in [0.15, 0.2) is 11.6 Å². The molecule has 2 N–H and O–H groups in total. The van der Waals surface area contributed by atoms with Crippen LogP contribution in [0.5, 0.6) is 5.75 Å². The number of anilines is 1. The van der Waals surface area contributed by atoms with Crippen LogP contribution in [0.2, 0.25) is 5.02 Å². The van der Waals surface area contributed by atoms with E-state index in [1.807, 2.05) is 0 Å². The Hall–Kier alpha value is -1.68. The molecular formula is C15H17ClN2O2. The van der Waals surface area contributed by atoms with Crippen molar-refractivity contribution in [3.05, 3.63) is 27.8 Å². The Balaban J connectivity index is 2.30. The second-order valence-electron chi connectivity index (χ2n) is 5.13. The number of nitrogens with zero attached hydrogens (tertiary/aromatic N) is 1. The molecule has 1 aliphatic carbocycles. The number of rotatable bonds is 2. The lowest BCUT2D eigenvalue weighted by Crippen LogP contribution is -2.08. The number of benzene rings is 1. The van der Waals surface area contributed by atoms with Crippen LogP contribution in [-0.4, -0.2) is 12.3 Å². The quantitative estimate of drug-likeness (QED) is 0.915. The topological polar surface area (TPSA) is 61.3 Å². The van der Waals surface area contributed by atoms with Gasteiger partial charge in [0.2, 0.25) is 0 Å². The number of aromatic nitrogens is 1. The van der Waals surface area contributed by atoms with Gasteiger partial charge in [0.25, 0.3) is 0 Å². The number of halogens is 1. The highest BCUT2D eigenvalue weighted by Crippen LogP contribution is 2.45. The van der Waals surface area contributed by atoms with Crippen LogP contribution >= 0.6 is 11.6 Å². The third kappa shape index (κ3) is 1.95. The normalized spacial score (nSPS) is 14.2. The molecule has 0 radical (unpaired) electrons. The standard InChI is InChI=1S/C15H17ClN2O2/c1-8-9-5-3-4-6-10(9)14(16)15(19-2)13(8)11-7-12(17)18-20-11/h7H,3-6H2,1-2H3,(H2,17,18). The molecule has 3 rings (SSSR count). The van der Waals surface area contributed by atoms with Crippen LogP contribution < -0.4 is 10.5 Å². The van der Waals surface area contributed by atoms with Gasteiger partial charge in [-0.25, -0.2) is 0 Å². The number of nitrogens with two attached hydrogens (primary N) is 1. The van der Waals surface area contributed by atoms with Gasteiger partial charge < -0.3 is 15.0 Å². The average Bonchev–Trinajstić information content (AvgIpc) is 2.88. The summed E-state index contributed by atoms with van der Waals surface area (Å²) < 4.78 is 10.8. The van der Waals surface area contributed by atoms with Gasteiger partial charge in [0, 0.05) is 6.07 Å². The minimum Gasteiger partial charge on any atom is -0.494 e. The first kappa shape index (κ1) is 13.3. The summed E-state index contributed by atoms with van der Waals surface area (Å²) in [7, 11) is 1.62. The molecule has 5 heteroatoms. The van der Waals surface area contributed by atoms with Crippen LogP contribution in [0.25, 0.3) is 11.3 Å². The van der Waals surface area contributed by atoms with Crippen LogP contribution in [0.15, 0.2) is 10.6 Å². The molecule has 1 aromatic heterocycles. The first-order chi connectivity index (χ1) is 9.63. The van der Waals surface area contributed by atoms with Crippen molar-refractivity contribution in [3.63, 3.8) is 0 Å². The maximum Gasteiger partial charge on any atom is 0.173 e. The van der Waals surface area contributed by atoms with Gasteiger partial charge in [-0.2, -0.15) is 0 Å². The van der Waals surface area contributed by atoms with E-state index in [1.54, 1.807) is 13.2 Å². The zero-order valence-corrected chi connectivity index (χ0v) is 12.4. The van der Waals surface area contributed by atoms with Gasteiger partial charge in [-0.1, -0.05) is 16.8 Å². The molecule has 0 saturated carbocycles. The predicted octanol–water partition coefficient (Wildman–Crippen LogP) is 3.77. The van der Waals surface area contributed by atoms with Crippen molar-refractivity contribution in [2.45, 2.75) is 32.6 Å². The molecule has 0 spiro atoms. The zero-order chi connectivity index (χ0) is 14.3. The van der Waals surface area contributed by atoms with Crippen molar-refractivity contribution in [2.75, 3.05) is 12.8 Å². The highest BCUT2D eigenvalue weighted by molar-refractivity contribution is 6.33. The van der Waals surface area contributed by atoms with Crippen molar-refractivity contribution in [1.29, 1.82) is 0 Å². The van der Waals surface area contributed by atoms with Crippen molar-refractivity contribution in [2.24, 2.45) is 0 Å². The molecule has 1 heterocycles. The monoisotopic (exact) mass is 292 g/mol. The fourth-order valence-corrected chi connectivity index (χ4v) is 3.40. The van der Waals surface area contributed by atoms with Gasteiger partial charge in [-0.3, -0.25) is 0 Å². The molecule has 20 heavy (non-hydrogen) atoms. The molecule has 0 unspecified atom stereocenters. The Morgan fingerprint density at radius 1 is 1.30 bits per heavy atom. The minimum absolute atomic E-state index is 0.357. The molecule has 0 bridgehead atoms. The van der Waals surface area contributed by atoms with E-state index in [0.717, 1.165) is 24.0 Å². The molecular weight excluding hydrogens is 276 g/mol. The van der Waals surface area contributed by atoms with E-state index in [2.05, 4.69) is 12.1 Å². The van der Waals surface area contributed by atoms with E-state index in [0.29, 0.717) is 22.4 Å². The summed E-state index contributed by atoms with van der Waals surface area (Å²) in [5.41, 5.74) is 10.2. The van der Waals surface area contributed by atoms with E-state index >= 15 is 0 Å². The fourth-order valence-electron chi connectivity index (χ4n) is 3.02. The summed E-state index contributed by atoms with van der Waals surface area (Å²) in [5.74, 6) is 1.61. The highest BCUT2D eigenvalue weighted by atomic mass is 35.5. The Morgan fingerprint density at radius 2 is 2.00 bits per heavy atom. The van der Waals surface area contributed by atoms with Gasteiger partial charge in [0.1, 0.15) is 5.75 Å². The van der Waals surface area contributed by atoms with Crippen molar-refractivity contribution >= 4 is 17.4 Å². The van der Waals surface area contributed by atoms with E-state index in [-0.39, 0.29) is 0 Å². The summed E-state index contributed by atoms with van der Waals surface area (Å²) >= 11 is 6.54. The molecule has 2 aromatic rings. The maximum atomic E-state index is 6.54. The lowest BCUT2D eigenvalue weighted by Gasteiger charge is -2.23. The summed E-state index contributed by atoms with van der Waals surface area (Å²) in [5, 5.41) is 4.45. The molecule has 0 atom stereocenters. The fraction of sp³-hybridized carbons (Fsp3) is 0.400. The van der Waals surface area contributed by atoms with Crippen LogP contribution in [0.1, 0.15) is 29.5 Å². The van der Waals surface area contributed by atoms with E-state index in [1.165, 1.54) is 24.0 Å². The molecule has 106 valence electrons. The first-order valence-corrected chi connectivity index (χ1v) is 7.11. The molecule has 0 amide bonds. The predicted molar refractivity (Wildman–Crippen MR) is 79.3 cm³/mol. The summed E-state index contributed by atoms with van der Waals surface area (Å²) in [6.07, 6.45) is 4.41. The number of hydrogen-bond acceptors (Lipinski definition) is 4. The Morgan fingerprint density at radius 3 is 2.60 bits per heavy atom. The van der Waals surface area contributed by atoms with Crippen LogP contribution in [0.3, 0.4) is 0 Å². The second-order valence-corrected chi connectivity index (χ2v) is 5.51. The van der Waals surface area contributed by atoms with Crippen molar-refractivity contribution in [3.8, 4) is 17.1 Å². The Kier molecular flexibility index (Phi) is 3.34. The lowest BCUT2D eigenvalue weighted by atomic mass is 9.85. The molecule has 1 aromatic carbocycles. The van der Waals surface area contributed by atoms with Crippen molar-refractivity contribution < 1.29 is 9.26 Å². The number of methoxy groups -OCH3 is 1. The first-order valence-electron chi connectivity index (χ1n) is 6.73. The third-order valence-corrected chi connectivity index (χ3v) is 4.37. The van der Waals surface area contributed by atoms with E-state index in [4.69, 9.17) is 26.6 Å². The lowest BCUT2D eigenvalue weighted by molar-refractivity contribution is 0.405. The molecule has 0 fully saturated rings. The number of ether oxygens (including phenoxy) is 1. The number of fused-ring (bicyclic) bond motifs is 1. The number of hydrogen-bond donors (Lipinski definition) is 1. The Labute approximate surface area is 122 Å². The Bertz CT molecular complexity index is 664. The van der Waals surface area contributed by atoms with Gasteiger partial charge in [0.05, 0.1) is 17.7 Å². The molecule has 4 nitrogen and oxygen atoms in total. The van der Waals surface area contributed by atoms with Gasteiger partial charge in [-0.15, -0.1) is 0 Å². The van der Waals surface area contributed by atoms with E-state index < -0.39 is 0 Å². The average molecular weight is 293 g/mol. The number of nitrogen functional groups attached to an aromatic ring is 1. The van der Waals surface area contributed by atoms with Gasteiger partial charge >= 0.3 is 0 Å². The summed E-state index contributed by atoms with van der Waals surface area (Å²) in [4.78, 5) is 0. The van der Waals surface area contributed by atoms with Crippen LogP contribution in [0.4, 0.5) is 5.82 Å². The third-order valence-electron chi connectivity index (χ3n) is 3.97. The summed E-state index contributed by atoms with van der Waals surface area (Å²) in [6, 6.07) is 1.70. The summed E-state index contributed by atoms with van der Waals surface area (Å²) in [6.45, 7) is 2.08. The smallest absolute Gasteiger partial charge is 0.173 e. The maximum absolute atomic E-state index is 6.54. The van der Waals surface area contributed by atoms with Crippen LogP contribution in [0, 0.1) is 6.92 Å². The van der Waals surface area contributed by atoms with Gasteiger partial charge in [-0.05, 0) is 49.3 Å². The highest BCUT2D eigenvalue weighted by Gasteiger charge is 2.25. The molecule has 0 saturated heterocycles. The SMILES string of the molecule is COc1c(Cl)c2c(c(C)c1-c1cc(N)no1)CCCC2. The second kappa shape index (κ2) is 5.02. The van der Waals surface area contributed by atoms with Crippen LogP contribution in [-0.2, 0) is 12.8 Å². The zero-order valence-electron chi connectivity index (χ0n) is 11.6. The van der Waals surface area contributed by atoms with E-state index in [9.17, 15) is 0 Å². The van der Waals surface area contributed by atoms with Crippen molar-refractivity contribution in [1.82, 2.24) is 5.16 Å². The largest absolute Gasteiger partial charge is 0.494 e.